The fraction of sp³-hybridized carbons (Fsp3) is 0.429. The van der Waals surface area contributed by atoms with E-state index < -0.39 is 17.5 Å². The number of hydrogen-bond acceptors (Lipinski definition) is 6. The molecule has 0 bridgehead atoms. The van der Waals surface area contributed by atoms with Gasteiger partial charge in [-0.25, -0.2) is 0 Å². The smallest absolute Gasteiger partial charge is 0.309 e. The first kappa shape index (κ1) is 28.0. The van der Waals surface area contributed by atoms with E-state index in [-0.39, 0.29) is 0 Å². The molecule has 0 amide bonds. The number of fused-ring (bicyclic) bond motifs is 1. The fourth-order valence-electron chi connectivity index (χ4n) is 5.00. The van der Waals surface area contributed by atoms with Crippen molar-refractivity contribution in [2.24, 2.45) is 5.41 Å². The molecule has 2 heterocycles. The van der Waals surface area contributed by atoms with Crippen LogP contribution in [0.3, 0.4) is 0 Å². The van der Waals surface area contributed by atoms with Crippen LogP contribution in [0.2, 0.25) is 10.0 Å². The van der Waals surface area contributed by atoms with Crippen LogP contribution < -0.4 is 4.74 Å². The standard InChI is InChI=1S/C28H32Cl2N2O4S/c1-36-19-7-8-23-20(17-19)26(22(30)18-31-23)24(33)9-10-28(27(34)35)11-14-32(15-12-28)13-4-16-37-25-6-3-2-5-21(25)29/h2-3,5-8,17-18,24,33H,4,9-16H2,1H3,(H,34,35)/t24-/m1/s1. The summed E-state index contributed by atoms with van der Waals surface area (Å²) in [5.41, 5.74) is 0.421. The lowest BCUT2D eigenvalue weighted by Gasteiger charge is -2.39. The first-order chi connectivity index (χ1) is 17.8. The van der Waals surface area contributed by atoms with Gasteiger partial charge in [0.1, 0.15) is 5.75 Å². The van der Waals surface area contributed by atoms with E-state index >= 15 is 0 Å². The van der Waals surface area contributed by atoms with Crippen molar-refractivity contribution in [2.45, 2.75) is 43.1 Å². The normalized spacial score (nSPS) is 16.5. The van der Waals surface area contributed by atoms with Crippen molar-refractivity contribution >= 4 is 51.8 Å². The molecule has 0 spiro atoms. The average Bonchev–Trinajstić information content (AvgIpc) is 2.90. The number of methoxy groups -OCH3 is 1. The van der Waals surface area contributed by atoms with Crippen molar-refractivity contribution in [1.82, 2.24) is 9.88 Å². The van der Waals surface area contributed by atoms with E-state index in [1.807, 2.05) is 42.5 Å². The monoisotopic (exact) mass is 562 g/mol. The molecular formula is C28H32Cl2N2O4S. The molecule has 9 heteroatoms. The predicted molar refractivity (Wildman–Crippen MR) is 150 cm³/mol. The Kier molecular flexibility index (Phi) is 9.59. The highest BCUT2D eigenvalue weighted by Gasteiger charge is 2.41. The molecular weight excluding hydrogens is 531 g/mol. The summed E-state index contributed by atoms with van der Waals surface area (Å²) in [7, 11) is 1.58. The van der Waals surface area contributed by atoms with Gasteiger partial charge in [0.25, 0.3) is 0 Å². The number of thioether (sulfide) groups is 1. The zero-order chi connectivity index (χ0) is 26.4. The molecule has 1 aromatic heterocycles. The minimum absolute atomic E-state index is 0.302. The number of halogens is 2. The Hall–Kier alpha value is -2.03. The van der Waals surface area contributed by atoms with Crippen LogP contribution in [-0.2, 0) is 4.79 Å². The van der Waals surface area contributed by atoms with Crippen molar-refractivity contribution in [1.29, 1.82) is 0 Å². The van der Waals surface area contributed by atoms with Crippen LogP contribution in [-0.4, -0.2) is 58.6 Å². The number of pyridine rings is 1. The van der Waals surface area contributed by atoms with Crippen LogP contribution in [0.1, 0.15) is 43.8 Å². The van der Waals surface area contributed by atoms with Crippen molar-refractivity contribution < 1.29 is 19.7 Å². The number of rotatable bonds is 11. The third-order valence-electron chi connectivity index (χ3n) is 7.28. The number of nitrogens with zero attached hydrogens (tertiary/aromatic N) is 2. The lowest BCUT2D eigenvalue weighted by molar-refractivity contribution is -0.153. The van der Waals surface area contributed by atoms with Crippen molar-refractivity contribution in [2.75, 3.05) is 32.5 Å². The Balaban J connectivity index is 1.33. The second-order valence-corrected chi connectivity index (χ2v) is 11.5. The highest BCUT2D eigenvalue weighted by Crippen LogP contribution is 2.41. The van der Waals surface area contributed by atoms with Gasteiger partial charge in [0.2, 0.25) is 0 Å². The van der Waals surface area contributed by atoms with Crippen LogP contribution in [0.15, 0.2) is 53.6 Å². The summed E-state index contributed by atoms with van der Waals surface area (Å²) in [5, 5.41) is 23.1. The molecule has 37 heavy (non-hydrogen) atoms. The maximum Gasteiger partial charge on any atom is 0.309 e. The highest BCUT2D eigenvalue weighted by atomic mass is 35.5. The quantitative estimate of drug-likeness (QED) is 0.198. The third-order valence-corrected chi connectivity index (χ3v) is 9.18. The molecule has 1 fully saturated rings. The summed E-state index contributed by atoms with van der Waals surface area (Å²) in [5.74, 6) is 0.813. The maximum absolute atomic E-state index is 12.4. The molecule has 2 aromatic carbocycles. The zero-order valence-electron chi connectivity index (χ0n) is 20.8. The van der Waals surface area contributed by atoms with Crippen LogP contribution >= 0.6 is 35.0 Å². The Morgan fingerprint density at radius 3 is 2.65 bits per heavy atom. The van der Waals surface area contributed by atoms with Gasteiger partial charge in [-0.05, 0) is 87.8 Å². The first-order valence-corrected chi connectivity index (χ1v) is 14.2. The Morgan fingerprint density at radius 1 is 1.19 bits per heavy atom. The van der Waals surface area contributed by atoms with Gasteiger partial charge in [-0.3, -0.25) is 9.78 Å². The molecule has 0 saturated carbocycles. The summed E-state index contributed by atoms with van der Waals surface area (Å²) >= 11 is 14.4. The molecule has 0 aliphatic carbocycles. The summed E-state index contributed by atoms with van der Waals surface area (Å²) in [6.07, 6.45) is 3.44. The second kappa shape index (κ2) is 12.7. The van der Waals surface area contributed by atoms with E-state index in [2.05, 4.69) is 9.88 Å². The molecule has 1 aliphatic heterocycles. The second-order valence-electron chi connectivity index (χ2n) is 9.52. The number of carbonyl (C=O) groups is 1. The molecule has 3 aromatic rings. The number of aromatic nitrogens is 1. The van der Waals surface area contributed by atoms with Crippen LogP contribution in [0.5, 0.6) is 5.75 Å². The molecule has 0 unspecified atom stereocenters. The highest BCUT2D eigenvalue weighted by molar-refractivity contribution is 7.99. The zero-order valence-corrected chi connectivity index (χ0v) is 23.2. The summed E-state index contributed by atoms with van der Waals surface area (Å²) < 4.78 is 5.33. The molecule has 1 saturated heterocycles. The summed E-state index contributed by atoms with van der Waals surface area (Å²) in [4.78, 5) is 20.1. The number of carboxylic acid groups (broad SMARTS) is 1. The Morgan fingerprint density at radius 2 is 1.95 bits per heavy atom. The van der Waals surface area contributed by atoms with E-state index in [0.29, 0.717) is 52.9 Å². The molecule has 6 nitrogen and oxygen atoms in total. The van der Waals surface area contributed by atoms with Crippen molar-refractivity contribution in [3.05, 3.63) is 64.3 Å². The van der Waals surface area contributed by atoms with E-state index in [1.54, 1.807) is 18.9 Å². The molecule has 0 radical (unpaired) electrons. The molecule has 1 atom stereocenters. The van der Waals surface area contributed by atoms with Crippen molar-refractivity contribution in [3.8, 4) is 5.75 Å². The molecule has 198 valence electrons. The number of ether oxygens (including phenoxy) is 1. The number of hydrogen-bond donors (Lipinski definition) is 2. The van der Waals surface area contributed by atoms with Gasteiger partial charge in [0.15, 0.2) is 0 Å². The number of piperidine rings is 1. The van der Waals surface area contributed by atoms with Gasteiger partial charge in [-0.2, -0.15) is 0 Å². The van der Waals surface area contributed by atoms with E-state index in [4.69, 9.17) is 27.9 Å². The SMILES string of the molecule is COc1ccc2ncc(Cl)c([C@H](O)CCC3(C(=O)O)CCN(CCCSc4ccccc4Cl)CC3)c2c1. The lowest BCUT2D eigenvalue weighted by Crippen LogP contribution is -2.44. The van der Waals surface area contributed by atoms with Gasteiger partial charge in [-0.15, -0.1) is 11.8 Å². The van der Waals surface area contributed by atoms with Gasteiger partial charge < -0.3 is 19.8 Å². The third kappa shape index (κ3) is 6.70. The topological polar surface area (TPSA) is 82.9 Å². The lowest BCUT2D eigenvalue weighted by atomic mass is 9.74. The largest absolute Gasteiger partial charge is 0.497 e. The van der Waals surface area contributed by atoms with Gasteiger partial charge in [0.05, 0.1) is 34.2 Å². The van der Waals surface area contributed by atoms with Gasteiger partial charge >= 0.3 is 5.97 Å². The number of aliphatic carboxylic acids is 1. The number of aliphatic hydroxyl groups excluding tert-OH is 1. The predicted octanol–water partition coefficient (Wildman–Crippen LogP) is 6.71. The molecule has 1 aliphatic rings. The van der Waals surface area contributed by atoms with E-state index in [9.17, 15) is 15.0 Å². The fourth-order valence-corrected chi connectivity index (χ4v) is 6.45. The minimum atomic E-state index is -0.902. The molecule has 4 rings (SSSR count). The first-order valence-electron chi connectivity index (χ1n) is 12.5. The van der Waals surface area contributed by atoms with Crippen LogP contribution in [0, 0.1) is 5.41 Å². The van der Waals surface area contributed by atoms with Crippen LogP contribution in [0.4, 0.5) is 0 Å². The number of likely N-dealkylation sites (tertiary alicyclic amines) is 1. The number of carboxylic acids is 1. The van der Waals surface area contributed by atoms with Crippen molar-refractivity contribution in [3.63, 3.8) is 0 Å². The number of benzene rings is 2. The summed E-state index contributed by atoms with van der Waals surface area (Å²) in [6.45, 7) is 2.39. The average molecular weight is 564 g/mol. The minimum Gasteiger partial charge on any atom is -0.497 e. The van der Waals surface area contributed by atoms with E-state index in [0.717, 1.165) is 41.7 Å². The maximum atomic E-state index is 12.4. The Labute approximate surface area is 231 Å². The van der Waals surface area contributed by atoms with E-state index in [1.165, 1.54) is 6.20 Å². The molecule has 2 N–H and O–H groups in total. The number of aliphatic hydroxyl groups is 1. The van der Waals surface area contributed by atoms with Gasteiger partial charge in [-0.1, -0.05) is 35.3 Å². The van der Waals surface area contributed by atoms with Crippen LogP contribution in [0.25, 0.3) is 10.9 Å². The Bertz CT molecular complexity index is 1230. The van der Waals surface area contributed by atoms with Gasteiger partial charge in [0, 0.05) is 22.0 Å². The summed E-state index contributed by atoms with van der Waals surface area (Å²) in [6, 6.07) is 13.3.